The summed E-state index contributed by atoms with van der Waals surface area (Å²) < 4.78 is 11.4. The molecule has 1 aliphatic heterocycles. The lowest BCUT2D eigenvalue weighted by atomic mass is 10.1. The van der Waals surface area contributed by atoms with Crippen molar-refractivity contribution in [1.82, 2.24) is 15.5 Å². The molecule has 27 heavy (non-hydrogen) atoms. The molecule has 6 heteroatoms. The first-order valence-electron chi connectivity index (χ1n) is 10.1. The number of nitrogens with zero attached hydrogens (tertiary/aromatic N) is 2. The lowest BCUT2D eigenvalue weighted by Crippen LogP contribution is -2.42. The first-order chi connectivity index (χ1) is 13.1. The van der Waals surface area contributed by atoms with Gasteiger partial charge in [-0.1, -0.05) is 19.1 Å². The van der Waals surface area contributed by atoms with E-state index in [1.165, 1.54) is 5.56 Å². The molecule has 6 nitrogen and oxygen atoms in total. The van der Waals surface area contributed by atoms with Gasteiger partial charge in [0.15, 0.2) is 5.96 Å². The Labute approximate surface area is 164 Å². The van der Waals surface area contributed by atoms with Crippen molar-refractivity contribution < 1.29 is 9.47 Å². The van der Waals surface area contributed by atoms with Crippen LogP contribution in [-0.2, 0) is 4.74 Å². The summed E-state index contributed by atoms with van der Waals surface area (Å²) in [5.74, 6) is 2.27. The number of benzene rings is 1. The zero-order chi connectivity index (χ0) is 19.5. The average molecular weight is 377 g/mol. The molecule has 0 bridgehead atoms. The molecular formula is C21H36N4O2. The van der Waals surface area contributed by atoms with Crippen LogP contribution in [0.25, 0.3) is 0 Å². The van der Waals surface area contributed by atoms with Gasteiger partial charge in [0.05, 0.1) is 19.8 Å². The summed E-state index contributed by atoms with van der Waals surface area (Å²) in [5, 5.41) is 6.71. The van der Waals surface area contributed by atoms with E-state index in [2.05, 4.69) is 55.4 Å². The topological polar surface area (TPSA) is 58.1 Å². The van der Waals surface area contributed by atoms with Gasteiger partial charge < -0.3 is 20.1 Å². The molecule has 2 atom stereocenters. The van der Waals surface area contributed by atoms with Crippen LogP contribution in [0.5, 0.6) is 5.75 Å². The van der Waals surface area contributed by atoms with Crippen LogP contribution in [0, 0.1) is 12.8 Å². The Hall–Kier alpha value is -1.79. The number of guanidine groups is 1. The fourth-order valence-electron chi connectivity index (χ4n) is 3.07. The number of hydrogen-bond donors (Lipinski definition) is 2. The molecule has 0 spiro atoms. The van der Waals surface area contributed by atoms with Crippen LogP contribution in [0.1, 0.15) is 26.3 Å². The van der Waals surface area contributed by atoms with Gasteiger partial charge in [0, 0.05) is 32.7 Å². The Bertz CT molecular complexity index is 573. The fraction of sp³-hybridized carbons (Fsp3) is 0.667. The highest BCUT2D eigenvalue weighted by Crippen LogP contribution is 2.13. The number of aryl methyl sites for hydroxylation is 1. The van der Waals surface area contributed by atoms with Gasteiger partial charge in [-0.15, -0.1) is 0 Å². The third-order valence-corrected chi connectivity index (χ3v) is 4.46. The number of nitrogens with one attached hydrogen (secondary N) is 2. The molecule has 0 aliphatic carbocycles. The molecule has 0 amide bonds. The predicted molar refractivity (Wildman–Crippen MR) is 112 cm³/mol. The molecule has 2 unspecified atom stereocenters. The SMILES string of the molecule is CCNC(=NCC(C)CN1CCOCC1)NCC(C)Oc1cccc(C)c1. The van der Waals surface area contributed by atoms with E-state index in [1.807, 2.05) is 12.1 Å². The molecule has 0 saturated carbocycles. The Balaban J connectivity index is 1.76. The summed E-state index contributed by atoms with van der Waals surface area (Å²) in [6.45, 7) is 15.7. The van der Waals surface area contributed by atoms with Gasteiger partial charge in [-0.2, -0.15) is 0 Å². The zero-order valence-corrected chi connectivity index (χ0v) is 17.3. The summed E-state index contributed by atoms with van der Waals surface area (Å²) in [6, 6.07) is 8.15. The van der Waals surface area contributed by atoms with Crippen LogP contribution >= 0.6 is 0 Å². The summed E-state index contributed by atoms with van der Waals surface area (Å²) in [7, 11) is 0. The van der Waals surface area contributed by atoms with E-state index in [9.17, 15) is 0 Å². The van der Waals surface area contributed by atoms with Crippen LogP contribution < -0.4 is 15.4 Å². The molecule has 0 radical (unpaired) electrons. The molecule has 152 valence electrons. The monoisotopic (exact) mass is 376 g/mol. The van der Waals surface area contributed by atoms with Crippen LogP contribution in [-0.4, -0.2) is 69.4 Å². The highest BCUT2D eigenvalue weighted by Gasteiger charge is 2.13. The lowest BCUT2D eigenvalue weighted by molar-refractivity contribution is 0.0323. The van der Waals surface area contributed by atoms with E-state index in [0.717, 1.165) is 57.6 Å². The van der Waals surface area contributed by atoms with E-state index in [0.29, 0.717) is 12.5 Å². The number of rotatable bonds is 9. The molecular weight excluding hydrogens is 340 g/mol. The largest absolute Gasteiger partial charge is 0.489 e. The normalized spacial score (nSPS) is 18.0. The van der Waals surface area contributed by atoms with Gasteiger partial charge in [0.1, 0.15) is 11.9 Å². The molecule has 1 aromatic rings. The van der Waals surface area contributed by atoms with Gasteiger partial charge in [-0.25, -0.2) is 0 Å². The molecule has 2 rings (SSSR count). The number of hydrogen-bond acceptors (Lipinski definition) is 4. The number of aliphatic imine (C=N–C) groups is 1. The first kappa shape index (κ1) is 21.5. The molecule has 2 N–H and O–H groups in total. The summed E-state index contributed by atoms with van der Waals surface area (Å²) in [5.41, 5.74) is 1.21. The van der Waals surface area contributed by atoms with Crippen LogP contribution in [0.3, 0.4) is 0 Å². The Morgan fingerprint density at radius 1 is 1.26 bits per heavy atom. The number of morpholine rings is 1. The van der Waals surface area contributed by atoms with E-state index in [1.54, 1.807) is 0 Å². The van der Waals surface area contributed by atoms with Crippen molar-refractivity contribution in [3.05, 3.63) is 29.8 Å². The van der Waals surface area contributed by atoms with Crippen molar-refractivity contribution in [2.24, 2.45) is 10.9 Å². The number of ether oxygens (including phenoxy) is 2. The van der Waals surface area contributed by atoms with Crippen LogP contribution in [0.4, 0.5) is 0 Å². The maximum atomic E-state index is 5.99. The Kier molecular flexibility index (Phi) is 9.42. The first-order valence-corrected chi connectivity index (χ1v) is 10.1. The molecule has 1 heterocycles. The lowest BCUT2D eigenvalue weighted by Gasteiger charge is -2.28. The minimum absolute atomic E-state index is 0.0569. The minimum atomic E-state index is 0.0569. The third kappa shape index (κ3) is 8.63. The molecule has 1 fully saturated rings. The van der Waals surface area contributed by atoms with Crippen molar-refractivity contribution in [2.45, 2.75) is 33.8 Å². The highest BCUT2D eigenvalue weighted by atomic mass is 16.5. The van der Waals surface area contributed by atoms with Crippen LogP contribution in [0.15, 0.2) is 29.3 Å². The summed E-state index contributed by atoms with van der Waals surface area (Å²) in [4.78, 5) is 7.21. The second kappa shape index (κ2) is 11.8. The second-order valence-electron chi connectivity index (χ2n) is 7.36. The standard InChI is InChI=1S/C21H36N4O2/c1-5-22-21(23-14-18(3)16-25-9-11-26-12-10-25)24-15-19(4)27-20-8-6-7-17(2)13-20/h6-8,13,18-19H,5,9-12,14-16H2,1-4H3,(H2,22,23,24). The highest BCUT2D eigenvalue weighted by molar-refractivity contribution is 5.79. The van der Waals surface area contributed by atoms with Crippen LogP contribution in [0.2, 0.25) is 0 Å². The molecule has 1 aliphatic rings. The summed E-state index contributed by atoms with van der Waals surface area (Å²) >= 11 is 0. The maximum absolute atomic E-state index is 5.99. The molecule has 1 saturated heterocycles. The second-order valence-corrected chi connectivity index (χ2v) is 7.36. The molecule has 0 aromatic heterocycles. The maximum Gasteiger partial charge on any atom is 0.191 e. The van der Waals surface area contributed by atoms with E-state index < -0.39 is 0 Å². The fourth-order valence-corrected chi connectivity index (χ4v) is 3.07. The van der Waals surface area contributed by atoms with Gasteiger partial charge in [0.2, 0.25) is 0 Å². The van der Waals surface area contributed by atoms with Crippen molar-refractivity contribution in [3.63, 3.8) is 0 Å². The van der Waals surface area contributed by atoms with Crippen molar-refractivity contribution in [1.29, 1.82) is 0 Å². The van der Waals surface area contributed by atoms with Crippen molar-refractivity contribution in [3.8, 4) is 5.75 Å². The Morgan fingerprint density at radius 3 is 2.74 bits per heavy atom. The van der Waals surface area contributed by atoms with E-state index in [-0.39, 0.29) is 6.10 Å². The van der Waals surface area contributed by atoms with E-state index in [4.69, 9.17) is 14.5 Å². The van der Waals surface area contributed by atoms with Gasteiger partial charge >= 0.3 is 0 Å². The minimum Gasteiger partial charge on any atom is -0.489 e. The summed E-state index contributed by atoms with van der Waals surface area (Å²) in [6.07, 6.45) is 0.0569. The predicted octanol–water partition coefficient (Wildman–Crippen LogP) is 2.29. The van der Waals surface area contributed by atoms with Gasteiger partial charge in [-0.05, 0) is 44.4 Å². The quantitative estimate of drug-likeness (QED) is 0.512. The zero-order valence-electron chi connectivity index (χ0n) is 17.3. The van der Waals surface area contributed by atoms with E-state index >= 15 is 0 Å². The van der Waals surface area contributed by atoms with Gasteiger partial charge in [0.25, 0.3) is 0 Å². The van der Waals surface area contributed by atoms with Crippen molar-refractivity contribution >= 4 is 5.96 Å². The van der Waals surface area contributed by atoms with Gasteiger partial charge in [-0.3, -0.25) is 9.89 Å². The Morgan fingerprint density at radius 2 is 2.04 bits per heavy atom. The van der Waals surface area contributed by atoms with Crippen molar-refractivity contribution in [2.75, 3.05) is 52.5 Å². The molecule has 1 aromatic carbocycles. The average Bonchev–Trinajstić information content (AvgIpc) is 2.65. The third-order valence-electron chi connectivity index (χ3n) is 4.46. The smallest absolute Gasteiger partial charge is 0.191 e.